The molecule has 0 saturated heterocycles. The van der Waals surface area contributed by atoms with Crippen molar-refractivity contribution in [2.24, 2.45) is 0 Å². The van der Waals surface area contributed by atoms with E-state index in [2.05, 4.69) is 89.7 Å². The predicted molar refractivity (Wildman–Crippen MR) is 153 cm³/mol. The van der Waals surface area contributed by atoms with E-state index in [-0.39, 0.29) is 11.9 Å². The van der Waals surface area contributed by atoms with Gasteiger partial charge in [0.1, 0.15) is 0 Å². The van der Waals surface area contributed by atoms with Gasteiger partial charge in [0.15, 0.2) is 0 Å². The summed E-state index contributed by atoms with van der Waals surface area (Å²) in [5.74, 6) is 0.105. The zero-order chi connectivity index (χ0) is 25.6. The third-order valence-corrected chi connectivity index (χ3v) is 8.20. The van der Waals surface area contributed by atoms with E-state index in [9.17, 15) is 4.79 Å². The summed E-state index contributed by atoms with van der Waals surface area (Å²) in [6, 6.07) is 27.2. The molecule has 0 fully saturated rings. The molecule has 6 nitrogen and oxygen atoms in total. The van der Waals surface area contributed by atoms with Crippen LogP contribution in [0.5, 0.6) is 0 Å². The molecule has 190 valence electrons. The maximum absolute atomic E-state index is 13.5. The van der Waals surface area contributed by atoms with E-state index >= 15 is 0 Å². The van der Waals surface area contributed by atoms with Gasteiger partial charge in [-0.1, -0.05) is 76.6 Å². The number of imidazole rings is 1. The van der Waals surface area contributed by atoms with Crippen LogP contribution in [0.1, 0.15) is 16.8 Å². The van der Waals surface area contributed by atoms with Crippen LogP contribution in [0.2, 0.25) is 0 Å². The minimum absolute atomic E-state index is 0.105. The normalized spacial score (nSPS) is 15.7. The lowest BCUT2D eigenvalue weighted by Gasteiger charge is -2.32. The van der Waals surface area contributed by atoms with Crippen molar-refractivity contribution in [2.45, 2.75) is 30.4 Å². The molecule has 1 amide bonds. The van der Waals surface area contributed by atoms with Crippen LogP contribution in [-0.4, -0.2) is 51.3 Å². The Labute approximate surface area is 231 Å². The highest BCUT2D eigenvalue weighted by molar-refractivity contribution is 9.10. The molecule has 2 heterocycles. The van der Waals surface area contributed by atoms with E-state index in [1.54, 1.807) is 18.3 Å². The molecule has 1 atom stereocenters. The number of fused-ring (bicyclic) bond motifs is 1. The third kappa shape index (κ3) is 6.63. The van der Waals surface area contributed by atoms with Crippen molar-refractivity contribution >= 4 is 39.5 Å². The molecule has 8 heteroatoms. The topological polar surface area (TPSA) is 55.5 Å². The maximum atomic E-state index is 13.5. The van der Waals surface area contributed by atoms with E-state index in [0.717, 1.165) is 45.8 Å². The van der Waals surface area contributed by atoms with Crippen molar-refractivity contribution in [1.82, 2.24) is 19.2 Å². The van der Waals surface area contributed by atoms with Crippen molar-refractivity contribution in [3.05, 3.63) is 113 Å². The number of anilines is 1. The Hall–Kier alpha value is -3.07. The Morgan fingerprint density at radius 3 is 2.51 bits per heavy atom. The van der Waals surface area contributed by atoms with Crippen molar-refractivity contribution in [1.29, 1.82) is 0 Å². The van der Waals surface area contributed by atoms with Gasteiger partial charge in [-0.15, -0.1) is 0 Å². The number of hydrogen-bond acceptors (Lipinski definition) is 5. The molecule has 5 rings (SSSR count). The quantitative estimate of drug-likeness (QED) is 0.270. The number of aromatic amines is 1. The summed E-state index contributed by atoms with van der Waals surface area (Å²) in [4.78, 5) is 26.3. The lowest BCUT2D eigenvalue weighted by molar-refractivity contribution is -0.130. The van der Waals surface area contributed by atoms with E-state index in [4.69, 9.17) is 0 Å². The van der Waals surface area contributed by atoms with Gasteiger partial charge >= 0.3 is 0 Å². The Bertz CT molecular complexity index is 1300. The average molecular weight is 577 g/mol. The highest BCUT2D eigenvalue weighted by Crippen LogP contribution is 2.40. The number of likely N-dealkylation sites (N-methyl/N-ethyl adjacent to an activating group) is 1. The molecule has 1 aliphatic heterocycles. The van der Waals surface area contributed by atoms with Crippen LogP contribution in [0.15, 0.2) is 101 Å². The Balaban J connectivity index is 1.43. The highest BCUT2D eigenvalue weighted by atomic mass is 79.9. The van der Waals surface area contributed by atoms with Gasteiger partial charge in [0, 0.05) is 41.7 Å². The summed E-state index contributed by atoms with van der Waals surface area (Å²) < 4.78 is 3.30. The van der Waals surface area contributed by atoms with E-state index < -0.39 is 0 Å². The summed E-state index contributed by atoms with van der Waals surface area (Å²) in [7, 11) is 1.89. The predicted octanol–water partition coefficient (Wildman–Crippen LogP) is 5.77. The molecule has 0 aliphatic carbocycles. The molecule has 37 heavy (non-hydrogen) atoms. The van der Waals surface area contributed by atoms with Gasteiger partial charge in [-0.2, -0.15) is 0 Å². The number of carbonyl (C=O) groups is 1. The van der Waals surface area contributed by atoms with E-state index in [0.29, 0.717) is 13.1 Å². The standard InChI is InChI=1S/C29H30BrN5OS/c1-33(17-23-10-6-3-7-11-23)29(36)20-35-26(14-22-8-4-2-5-9-22)19-34(18-25-16-31-21-32-25)27-13-12-24(30)15-28(27)37-35/h2-13,15-16,21,26H,14,17-20H2,1H3,(H,31,32). The zero-order valence-electron chi connectivity index (χ0n) is 20.8. The molecule has 1 aliphatic rings. The van der Waals surface area contributed by atoms with E-state index in [1.807, 2.05) is 42.4 Å². The van der Waals surface area contributed by atoms with Gasteiger partial charge in [-0.3, -0.25) is 4.79 Å². The van der Waals surface area contributed by atoms with Crippen molar-refractivity contribution in [3.8, 4) is 0 Å². The van der Waals surface area contributed by atoms with Crippen LogP contribution < -0.4 is 4.90 Å². The molecule has 1 unspecified atom stereocenters. The fourth-order valence-corrected chi connectivity index (χ4v) is 6.31. The molecule has 0 saturated carbocycles. The monoisotopic (exact) mass is 575 g/mol. The molecule has 1 N–H and O–H groups in total. The van der Waals surface area contributed by atoms with Crippen LogP contribution in [0.25, 0.3) is 0 Å². The second-order valence-corrected chi connectivity index (χ2v) is 11.3. The van der Waals surface area contributed by atoms with Gasteiger partial charge in [0.05, 0.1) is 30.8 Å². The van der Waals surface area contributed by atoms with Crippen LogP contribution in [0.4, 0.5) is 5.69 Å². The van der Waals surface area contributed by atoms with Crippen LogP contribution >= 0.6 is 27.9 Å². The fraction of sp³-hybridized carbons (Fsp3) is 0.241. The minimum atomic E-state index is 0.105. The average Bonchev–Trinajstić information content (AvgIpc) is 3.37. The molecule has 0 radical (unpaired) electrons. The smallest absolute Gasteiger partial charge is 0.237 e. The van der Waals surface area contributed by atoms with Crippen LogP contribution in [0, 0.1) is 0 Å². The fourth-order valence-electron chi connectivity index (χ4n) is 4.61. The van der Waals surface area contributed by atoms with Gasteiger partial charge in [-0.05, 0) is 47.7 Å². The van der Waals surface area contributed by atoms with Gasteiger partial charge in [0.2, 0.25) is 5.91 Å². The number of nitrogens with one attached hydrogen (secondary N) is 1. The minimum Gasteiger partial charge on any atom is -0.363 e. The third-order valence-electron chi connectivity index (χ3n) is 6.53. The molecular weight excluding hydrogens is 546 g/mol. The highest BCUT2D eigenvalue weighted by Gasteiger charge is 2.31. The zero-order valence-corrected chi connectivity index (χ0v) is 23.2. The van der Waals surface area contributed by atoms with Crippen LogP contribution in [0.3, 0.4) is 0 Å². The number of amides is 1. The second-order valence-electron chi connectivity index (χ2n) is 9.31. The van der Waals surface area contributed by atoms with Gasteiger partial charge < -0.3 is 14.8 Å². The van der Waals surface area contributed by atoms with Crippen molar-refractivity contribution in [2.75, 3.05) is 25.0 Å². The molecule has 1 aromatic heterocycles. The number of carbonyl (C=O) groups excluding carboxylic acids is 1. The van der Waals surface area contributed by atoms with Crippen molar-refractivity contribution in [3.63, 3.8) is 0 Å². The first kappa shape index (κ1) is 25.6. The van der Waals surface area contributed by atoms with Crippen molar-refractivity contribution < 1.29 is 4.79 Å². The number of halogens is 1. The first-order valence-electron chi connectivity index (χ1n) is 12.3. The summed E-state index contributed by atoms with van der Waals surface area (Å²) in [6.45, 7) is 2.42. The maximum Gasteiger partial charge on any atom is 0.237 e. The summed E-state index contributed by atoms with van der Waals surface area (Å²) >= 11 is 5.33. The lowest BCUT2D eigenvalue weighted by atomic mass is 10.0. The second kappa shape index (κ2) is 12.0. The van der Waals surface area contributed by atoms with E-state index in [1.165, 1.54) is 5.56 Å². The number of H-pyrrole nitrogens is 1. The first-order valence-corrected chi connectivity index (χ1v) is 13.9. The first-order chi connectivity index (χ1) is 18.0. The molecule has 4 aromatic rings. The SMILES string of the molecule is CN(Cc1ccccc1)C(=O)CN1Sc2cc(Br)ccc2N(Cc2cnc[nH]2)CC1Cc1ccccc1. The summed E-state index contributed by atoms with van der Waals surface area (Å²) in [5.41, 5.74) is 4.61. The summed E-state index contributed by atoms with van der Waals surface area (Å²) in [5, 5.41) is 0. The molecular formula is C29H30BrN5OS. The lowest BCUT2D eigenvalue weighted by Crippen LogP contribution is -2.45. The van der Waals surface area contributed by atoms with Gasteiger partial charge in [-0.25, -0.2) is 9.29 Å². The molecule has 0 bridgehead atoms. The molecule has 0 spiro atoms. The summed E-state index contributed by atoms with van der Waals surface area (Å²) in [6.07, 6.45) is 4.44. The van der Waals surface area contributed by atoms with Crippen LogP contribution in [-0.2, 0) is 24.3 Å². The number of nitrogens with zero attached hydrogens (tertiary/aromatic N) is 4. The largest absolute Gasteiger partial charge is 0.363 e. The Morgan fingerprint density at radius 2 is 1.81 bits per heavy atom. The number of aromatic nitrogens is 2. The number of rotatable bonds is 8. The van der Waals surface area contributed by atoms with Gasteiger partial charge in [0.25, 0.3) is 0 Å². The number of benzene rings is 3. The Morgan fingerprint density at radius 1 is 1.08 bits per heavy atom. The number of hydrogen-bond donors (Lipinski definition) is 1. The molecule has 3 aromatic carbocycles. The Kier molecular flexibility index (Phi) is 8.28.